The van der Waals surface area contributed by atoms with Crippen molar-refractivity contribution in [3.8, 4) is 0 Å². The van der Waals surface area contributed by atoms with Gasteiger partial charge in [-0.3, -0.25) is 4.68 Å². The summed E-state index contributed by atoms with van der Waals surface area (Å²) >= 11 is 0. The van der Waals surface area contributed by atoms with Crippen molar-refractivity contribution in [1.29, 1.82) is 0 Å². The molecule has 0 radical (unpaired) electrons. The van der Waals surface area contributed by atoms with Crippen LogP contribution in [0.15, 0.2) is 6.20 Å². The molecule has 0 amide bonds. The number of rotatable bonds is 1. The molecule has 3 nitrogen and oxygen atoms in total. The molecule has 1 aromatic rings. The van der Waals surface area contributed by atoms with E-state index < -0.39 is 0 Å². The Morgan fingerprint density at radius 3 is 2.40 bits per heavy atom. The maximum Gasteiger partial charge on any atom is 0.0628 e. The molecule has 0 aromatic carbocycles. The van der Waals surface area contributed by atoms with E-state index in [1.54, 1.807) is 0 Å². The van der Waals surface area contributed by atoms with E-state index in [2.05, 4.69) is 39.0 Å². The predicted molar refractivity (Wildman–Crippen MR) is 59.9 cm³/mol. The number of nitrogens with zero attached hydrogens (tertiary/aromatic N) is 2. The second kappa shape index (κ2) is 3.34. The second-order valence-electron chi connectivity index (χ2n) is 5.61. The highest BCUT2D eigenvalue weighted by atomic mass is 16.3. The van der Waals surface area contributed by atoms with E-state index >= 15 is 0 Å². The van der Waals surface area contributed by atoms with Gasteiger partial charge in [-0.1, -0.05) is 0 Å². The molecule has 1 aliphatic rings. The average Bonchev–Trinajstić information content (AvgIpc) is 2.41. The van der Waals surface area contributed by atoms with E-state index in [0.717, 1.165) is 18.5 Å². The molecule has 84 valence electrons. The lowest BCUT2D eigenvalue weighted by Crippen LogP contribution is -2.26. The van der Waals surface area contributed by atoms with Gasteiger partial charge < -0.3 is 5.11 Å². The molecule has 15 heavy (non-hydrogen) atoms. The van der Waals surface area contributed by atoms with E-state index in [4.69, 9.17) is 0 Å². The molecule has 1 heterocycles. The summed E-state index contributed by atoms with van der Waals surface area (Å²) in [4.78, 5) is 0. The van der Waals surface area contributed by atoms with E-state index in [9.17, 15) is 5.11 Å². The molecular weight excluding hydrogens is 188 g/mol. The van der Waals surface area contributed by atoms with E-state index in [1.807, 2.05) is 4.68 Å². The molecule has 2 rings (SSSR count). The molecule has 0 saturated heterocycles. The van der Waals surface area contributed by atoms with Crippen LogP contribution in [-0.4, -0.2) is 21.0 Å². The summed E-state index contributed by atoms with van der Waals surface area (Å²) in [5.41, 5.74) is 2.47. The Kier molecular flexibility index (Phi) is 2.38. The molecule has 3 heteroatoms. The zero-order valence-electron chi connectivity index (χ0n) is 9.99. The quantitative estimate of drug-likeness (QED) is 0.768. The predicted octanol–water partition coefficient (Wildman–Crippen LogP) is 2.18. The van der Waals surface area contributed by atoms with Gasteiger partial charge in [0.05, 0.1) is 17.3 Å². The minimum absolute atomic E-state index is 0.0470. The normalized spacial score (nSPS) is 26.5. The average molecular weight is 208 g/mol. The van der Waals surface area contributed by atoms with Crippen LogP contribution in [0.4, 0.5) is 0 Å². The van der Waals surface area contributed by atoms with E-state index in [0.29, 0.717) is 5.92 Å². The van der Waals surface area contributed by atoms with Crippen LogP contribution >= 0.6 is 0 Å². The zero-order valence-corrected chi connectivity index (χ0v) is 9.99. The summed E-state index contributed by atoms with van der Waals surface area (Å²) in [6.45, 7) is 8.51. The van der Waals surface area contributed by atoms with Crippen LogP contribution in [0.25, 0.3) is 0 Å². The standard InChI is InChI=1S/C12H20N2O/c1-8-11(9-5-10(15)6-9)7-14(13-8)12(2,3)4/h7,9-10,15H,5-6H2,1-4H3. The van der Waals surface area contributed by atoms with Crippen molar-refractivity contribution in [2.45, 2.75) is 58.1 Å². The second-order valence-corrected chi connectivity index (χ2v) is 5.61. The number of aryl methyl sites for hydroxylation is 1. The summed E-state index contributed by atoms with van der Waals surface area (Å²) in [6, 6.07) is 0. The highest BCUT2D eigenvalue weighted by Crippen LogP contribution is 2.38. The molecule has 0 spiro atoms. The van der Waals surface area contributed by atoms with Crippen molar-refractivity contribution in [3.63, 3.8) is 0 Å². The Morgan fingerprint density at radius 2 is 2.00 bits per heavy atom. The molecule has 0 atom stereocenters. The number of aliphatic hydroxyl groups excluding tert-OH is 1. The molecule has 0 unspecified atom stereocenters. The lowest BCUT2D eigenvalue weighted by Gasteiger charge is -2.31. The lowest BCUT2D eigenvalue weighted by molar-refractivity contribution is 0.0744. The summed E-state index contributed by atoms with van der Waals surface area (Å²) in [6.07, 6.45) is 3.85. The van der Waals surface area contributed by atoms with Crippen molar-refractivity contribution < 1.29 is 5.11 Å². The highest BCUT2D eigenvalue weighted by Gasteiger charge is 2.31. The Morgan fingerprint density at radius 1 is 1.40 bits per heavy atom. The molecule has 0 bridgehead atoms. The maximum absolute atomic E-state index is 9.31. The van der Waals surface area contributed by atoms with Gasteiger partial charge in [0, 0.05) is 6.20 Å². The van der Waals surface area contributed by atoms with Crippen LogP contribution in [0.3, 0.4) is 0 Å². The first-order chi connectivity index (χ1) is 6.88. The molecule has 1 saturated carbocycles. The maximum atomic E-state index is 9.31. The van der Waals surface area contributed by atoms with Gasteiger partial charge in [-0.15, -0.1) is 0 Å². The van der Waals surface area contributed by atoms with Crippen LogP contribution in [0.5, 0.6) is 0 Å². The van der Waals surface area contributed by atoms with Gasteiger partial charge >= 0.3 is 0 Å². The number of aliphatic hydroxyl groups is 1. The van der Waals surface area contributed by atoms with Gasteiger partial charge in [0.1, 0.15) is 0 Å². The fourth-order valence-corrected chi connectivity index (χ4v) is 2.06. The number of aromatic nitrogens is 2. The molecule has 1 fully saturated rings. The van der Waals surface area contributed by atoms with Gasteiger partial charge in [0.25, 0.3) is 0 Å². The topological polar surface area (TPSA) is 38.0 Å². The van der Waals surface area contributed by atoms with Crippen molar-refractivity contribution in [1.82, 2.24) is 9.78 Å². The minimum Gasteiger partial charge on any atom is -0.393 e. The number of hydrogen-bond donors (Lipinski definition) is 1. The van der Waals surface area contributed by atoms with Crippen molar-refractivity contribution in [3.05, 3.63) is 17.5 Å². The SMILES string of the molecule is Cc1nn(C(C)(C)C)cc1C1CC(O)C1. The first-order valence-corrected chi connectivity index (χ1v) is 5.62. The first-order valence-electron chi connectivity index (χ1n) is 5.62. The molecule has 1 N–H and O–H groups in total. The summed E-state index contributed by atoms with van der Waals surface area (Å²) in [7, 11) is 0. The van der Waals surface area contributed by atoms with Crippen LogP contribution in [0.2, 0.25) is 0 Å². The fourth-order valence-electron chi connectivity index (χ4n) is 2.06. The third kappa shape index (κ3) is 1.93. The van der Waals surface area contributed by atoms with Crippen LogP contribution in [-0.2, 0) is 5.54 Å². The van der Waals surface area contributed by atoms with Crippen molar-refractivity contribution in [2.24, 2.45) is 0 Å². The van der Waals surface area contributed by atoms with Crippen LogP contribution in [0, 0.1) is 6.92 Å². The Hall–Kier alpha value is -0.830. The van der Waals surface area contributed by atoms with Crippen molar-refractivity contribution in [2.75, 3.05) is 0 Å². The van der Waals surface area contributed by atoms with Crippen LogP contribution in [0.1, 0.15) is 50.8 Å². The van der Waals surface area contributed by atoms with Gasteiger partial charge in [0.15, 0.2) is 0 Å². The van der Waals surface area contributed by atoms with Crippen molar-refractivity contribution >= 4 is 0 Å². The molecule has 1 aliphatic carbocycles. The zero-order chi connectivity index (χ0) is 11.2. The lowest BCUT2D eigenvalue weighted by atomic mass is 9.78. The smallest absolute Gasteiger partial charge is 0.0628 e. The van der Waals surface area contributed by atoms with E-state index in [-0.39, 0.29) is 11.6 Å². The largest absolute Gasteiger partial charge is 0.393 e. The minimum atomic E-state index is -0.0904. The summed E-state index contributed by atoms with van der Waals surface area (Å²) in [5, 5.41) is 13.9. The Balaban J connectivity index is 2.23. The highest BCUT2D eigenvalue weighted by molar-refractivity contribution is 5.24. The first kappa shape index (κ1) is 10.7. The number of hydrogen-bond acceptors (Lipinski definition) is 2. The molecular formula is C12H20N2O. The fraction of sp³-hybridized carbons (Fsp3) is 0.750. The van der Waals surface area contributed by atoms with E-state index in [1.165, 1.54) is 5.56 Å². The monoisotopic (exact) mass is 208 g/mol. The third-order valence-electron chi connectivity index (χ3n) is 3.18. The third-order valence-corrected chi connectivity index (χ3v) is 3.18. The summed E-state index contributed by atoms with van der Waals surface area (Å²) < 4.78 is 2.03. The van der Waals surface area contributed by atoms with Gasteiger partial charge in [-0.25, -0.2) is 0 Å². The Labute approximate surface area is 91.1 Å². The Bertz CT molecular complexity index is 356. The summed E-state index contributed by atoms with van der Waals surface area (Å²) in [5.74, 6) is 0.524. The van der Waals surface area contributed by atoms with Gasteiger partial charge in [-0.2, -0.15) is 5.10 Å². The van der Waals surface area contributed by atoms with Crippen LogP contribution < -0.4 is 0 Å². The molecule has 0 aliphatic heterocycles. The molecule has 1 aromatic heterocycles. The van der Waals surface area contributed by atoms with Gasteiger partial charge in [-0.05, 0) is 52.0 Å². The van der Waals surface area contributed by atoms with Gasteiger partial charge in [0.2, 0.25) is 0 Å².